The lowest BCUT2D eigenvalue weighted by atomic mass is 9.99. The number of thioether (sulfide) groups is 1. The molecule has 5 nitrogen and oxygen atoms in total. The summed E-state index contributed by atoms with van der Waals surface area (Å²) >= 11 is 1.40. The summed E-state index contributed by atoms with van der Waals surface area (Å²) < 4.78 is 0. The lowest BCUT2D eigenvalue weighted by molar-refractivity contribution is -0.118. The van der Waals surface area contributed by atoms with Gasteiger partial charge in [-0.05, 0) is 51.8 Å². The van der Waals surface area contributed by atoms with Gasteiger partial charge in [0.15, 0.2) is 5.16 Å². The molecular weight excluding hydrogens is 296 g/mol. The molecule has 22 heavy (non-hydrogen) atoms. The van der Waals surface area contributed by atoms with E-state index in [4.69, 9.17) is 0 Å². The fourth-order valence-corrected chi connectivity index (χ4v) is 3.36. The van der Waals surface area contributed by atoms with Crippen molar-refractivity contribution in [2.75, 3.05) is 31.9 Å². The lowest BCUT2D eigenvalue weighted by Crippen LogP contribution is -2.39. The maximum atomic E-state index is 11.9. The van der Waals surface area contributed by atoms with Crippen molar-refractivity contribution in [3.63, 3.8) is 0 Å². The molecular formula is C16H26N4OS. The first-order valence-electron chi connectivity index (χ1n) is 7.97. The van der Waals surface area contributed by atoms with Gasteiger partial charge in [0, 0.05) is 24.5 Å². The highest BCUT2D eigenvalue weighted by Gasteiger charge is 2.15. The van der Waals surface area contributed by atoms with Gasteiger partial charge >= 0.3 is 0 Å². The second-order valence-corrected chi connectivity index (χ2v) is 7.04. The SMILES string of the molecule is Cc1cc(C)nc(SCC(=O)NCCN2CCC(C)CC2)n1. The molecule has 1 amide bonds. The Balaban J connectivity index is 1.63. The number of hydrogen-bond acceptors (Lipinski definition) is 5. The first-order chi connectivity index (χ1) is 10.5. The van der Waals surface area contributed by atoms with Crippen LogP contribution < -0.4 is 5.32 Å². The zero-order valence-corrected chi connectivity index (χ0v) is 14.6. The van der Waals surface area contributed by atoms with Crippen molar-refractivity contribution in [3.8, 4) is 0 Å². The molecule has 0 saturated carbocycles. The molecule has 0 radical (unpaired) electrons. The Morgan fingerprint density at radius 1 is 1.32 bits per heavy atom. The smallest absolute Gasteiger partial charge is 0.230 e. The normalized spacial score (nSPS) is 16.7. The highest BCUT2D eigenvalue weighted by Crippen LogP contribution is 2.15. The molecule has 2 heterocycles. The van der Waals surface area contributed by atoms with E-state index in [9.17, 15) is 4.79 Å². The zero-order chi connectivity index (χ0) is 15.9. The van der Waals surface area contributed by atoms with Gasteiger partial charge in [0.25, 0.3) is 0 Å². The Kier molecular flexibility index (Phi) is 6.64. The number of carbonyl (C=O) groups is 1. The molecule has 0 atom stereocenters. The molecule has 1 aliphatic rings. The van der Waals surface area contributed by atoms with E-state index in [-0.39, 0.29) is 5.91 Å². The van der Waals surface area contributed by atoms with Crippen molar-refractivity contribution < 1.29 is 4.79 Å². The lowest BCUT2D eigenvalue weighted by Gasteiger charge is -2.30. The van der Waals surface area contributed by atoms with Crippen molar-refractivity contribution in [2.24, 2.45) is 5.92 Å². The monoisotopic (exact) mass is 322 g/mol. The third-order valence-corrected chi connectivity index (χ3v) is 4.77. The van der Waals surface area contributed by atoms with Crippen LogP contribution in [0.25, 0.3) is 0 Å². The zero-order valence-electron chi connectivity index (χ0n) is 13.8. The molecule has 122 valence electrons. The summed E-state index contributed by atoms with van der Waals surface area (Å²) in [6.45, 7) is 10.2. The molecule has 2 rings (SSSR count). The Morgan fingerprint density at radius 2 is 1.95 bits per heavy atom. The van der Waals surface area contributed by atoms with Crippen LogP contribution in [0.2, 0.25) is 0 Å². The molecule has 0 aromatic carbocycles. The van der Waals surface area contributed by atoms with Crippen molar-refractivity contribution in [1.29, 1.82) is 0 Å². The summed E-state index contributed by atoms with van der Waals surface area (Å²) in [5, 5.41) is 3.66. The maximum absolute atomic E-state index is 11.9. The summed E-state index contributed by atoms with van der Waals surface area (Å²) in [5.74, 6) is 1.28. The molecule has 1 aliphatic heterocycles. The van der Waals surface area contributed by atoms with E-state index in [1.165, 1.54) is 24.6 Å². The Labute approximate surface area is 137 Å². The summed E-state index contributed by atoms with van der Waals surface area (Å²) in [4.78, 5) is 23.0. The average Bonchev–Trinajstić information content (AvgIpc) is 2.46. The minimum Gasteiger partial charge on any atom is -0.354 e. The molecule has 0 spiro atoms. The third kappa shape index (κ3) is 5.93. The van der Waals surface area contributed by atoms with Crippen LogP contribution in [0.1, 0.15) is 31.2 Å². The molecule has 1 fully saturated rings. The van der Waals surface area contributed by atoms with Crippen LogP contribution in [0.4, 0.5) is 0 Å². The van der Waals surface area contributed by atoms with Gasteiger partial charge in [-0.3, -0.25) is 4.79 Å². The van der Waals surface area contributed by atoms with Gasteiger partial charge in [-0.1, -0.05) is 18.7 Å². The summed E-state index contributed by atoms with van der Waals surface area (Å²) in [6, 6.07) is 1.93. The number of nitrogens with zero attached hydrogens (tertiary/aromatic N) is 3. The Bertz CT molecular complexity index is 481. The van der Waals surface area contributed by atoms with E-state index in [1.54, 1.807) is 0 Å². The number of piperidine rings is 1. The number of carbonyl (C=O) groups excluding carboxylic acids is 1. The van der Waals surface area contributed by atoms with Gasteiger partial charge in [0.1, 0.15) is 0 Å². The number of aryl methyl sites for hydroxylation is 2. The molecule has 0 aliphatic carbocycles. The number of likely N-dealkylation sites (tertiary alicyclic amines) is 1. The number of hydrogen-bond donors (Lipinski definition) is 1. The average molecular weight is 322 g/mol. The number of rotatable bonds is 6. The highest BCUT2D eigenvalue weighted by molar-refractivity contribution is 7.99. The third-order valence-electron chi connectivity index (χ3n) is 3.92. The topological polar surface area (TPSA) is 58.1 Å². The van der Waals surface area contributed by atoms with Crippen molar-refractivity contribution >= 4 is 17.7 Å². The molecule has 1 aromatic heterocycles. The Morgan fingerprint density at radius 3 is 2.59 bits per heavy atom. The quantitative estimate of drug-likeness (QED) is 0.641. The summed E-state index contributed by atoms with van der Waals surface area (Å²) in [5.41, 5.74) is 1.88. The van der Waals surface area contributed by atoms with Crippen molar-refractivity contribution in [2.45, 2.75) is 38.8 Å². The molecule has 6 heteroatoms. The van der Waals surface area contributed by atoms with Gasteiger partial charge < -0.3 is 10.2 Å². The summed E-state index contributed by atoms with van der Waals surface area (Å²) in [7, 11) is 0. The van der Waals surface area contributed by atoms with Crippen LogP contribution in [0.3, 0.4) is 0 Å². The van der Waals surface area contributed by atoms with Crippen molar-refractivity contribution in [1.82, 2.24) is 20.2 Å². The van der Waals surface area contributed by atoms with Crippen LogP contribution in [0.15, 0.2) is 11.2 Å². The van der Waals surface area contributed by atoms with Crippen LogP contribution in [-0.4, -0.2) is 52.7 Å². The predicted molar refractivity (Wildman–Crippen MR) is 90.1 cm³/mol. The first-order valence-corrected chi connectivity index (χ1v) is 8.95. The molecule has 1 N–H and O–H groups in total. The van der Waals surface area contributed by atoms with Gasteiger partial charge in [-0.15, -0.1) is 0 Å². The Hall–Kier alpha value is -1.14. The van der Waals surface area contributed by atoms with Crippen LogP contribution in [-0.2, 0) is 4.79 Å². The van der Waals surface area contributed by atoms with Crippen LogP contribution in [0.5, 0.6) is 0 Å². The molecule has 0 bridgehead atoms. The van der Waals surface area contributed by atoms with E-state index in [0.29, 0.717) is 10.9 Å². The number of aromatic nitrogens is 2. The van der Waals surface area contributed by atoms with Gasteiger partial charge in [0.05, 0.1) is 5.75 Å². The molecule has 1 saturated heterocycles. The second kappa shape index (κ2) is 8.48. The number of amides is 1. The fraction of sp³-hybridized carbons (Fsp3) is 0.688. The van der Waals surface area contributed by atoms with Crippen LogP contribution >= 0.6 is 11.8 Å². The standard InChI is InChI=1S/C16H26N4OS/c1-12-4-7-20(8-5-12)9-6-17-15(21)11-22-16-18-13(2)10-14(3)19-16/h10,12H,4-9,11H2,1-3H3,(H,17,21). The predicted octanol–water partition coefficient (Wildman–Crippen LogP) is 2.03. The van der Waals surface area contributed by atoms with E-state index in [0.717, 1.165) is 43.5 Å². The van der Waals surface area contributed by atoms with E-state index in [1.807, 2.05) is 19.9 Å². The first kappa shape index (κ1) is 17.2. The van der Waals surface area contributed by atoms with Gasteiger partial charge in [0.2, 0.25) is 5.91 Å². The maximum Gasteiger partial charge on any atom is 0.230 e. The van der Waals surface area contributed by atoms with Gasteiger partial charge in [-0.25, -0.2) is 9.97 Å². The van der Waals surface area contributed by atoms with Crippen LogP contribution in [0, 0.1) is 19.8 Å². The minimum atomic E-state index is 0.0538. The van der Waals surface area contributed by atoms with Crippen molar-refractivity contribution in [3.05, 3.63) is 17.5 Å². The largest absolute Gasteiger partial charge is 0.354 e. The molecule has 0 unspecified atom stereocenters. The fourth-order valence-electron chi connectivity index (χ4n) is 2.58. The minimum absolute atomic E-state index is 0.0538. The van der Waals surface area contributed by atoms with E-state index < -0.39 is 0 Å². The molecule has 1 aromatic rings. The summed E-state index contributed by atoms with van der Waals surface area (Å²) in [6.07, 6.45) is 2.54. The van der Waals surface area contributed by atoms with Gasteiger partial charge in [-0.2, -0.15) is 0 Å². The van der Waals surface area contributed by atoms with E-state index >= 15 is 0 Å². The second-order valence-electron chi connectivity index (χ2n) is 6.10. The van der Waals surface area contributed by atoms with E-state index in [2.05, 4.69) is 27.1 Å². The number of nitrogens with one attached hydrogen (secondary N) is 1. The highest BCUT2D eigenvalue weighted by atomic mass is 32.2.